The number of hydrogen-bond donors (Lipinski definition) is 0. The van der Waals surface area contributed by atoms with Gasteiger partial charge in [-0.1, -0.05) is 334 Å². The number of pyridine rings is 3. The van der Waals surface area contributed by atoms with Gasteiger partial charge in [-0.2, -0.15) is 0 Å². The summed E-state index contributed by atoms with van der Waals surface area (Å²) in [6.45, 7) is 0. The minimum atomic E-state index is -0.455. The van der Waals surface area contributed by atoms with Gasteiger partial charge < -0.3 is 0 Å². The molecule has 14 aromatic carbocycles. The van der Waals surface area contributed by atoms with Crippen LogP contribution in [0.25, 0.3) is 190 Å². The number of benzene rings is 14. The van der Waals surface area contributed by atoms with Gasteiger partial charge in [0, 0.05) is 123 Å². The van der Waals surface area contributed by atoms with Crippen molar-refractivity contribution in [3.05, 3.63) is 444 Å². The Labute approximate surface area is 681 Å². The molecule has 6 heterocycles. The quantitative estimate of drug-likeness (QED) is 0.0989. The second-order valence-corrected chi connectivity index (χ2v) is 27.8. The summed E-state index contributed by atoms with van der Waals surface area (Å²) in [6, 6.07) is 121. The van der Waals surface area contributed by atoms with Gasteiger partial charge in [0.1, 0.15) is 0 Å². The SMILES string of the molecule is [2H]c1c([2H])c([2H])c(-c2ncc(-c3cccc(-c4cccnc4)c3)c(-c3cccc(-c4ccccc4)c3)n2)c([2H])c1[2H].c1ccc(-c2ccc(-c3nc(-c4cccc5ccccc45)ncc3-c3cccc(-c4cccnc4)c3)cc2)cc1.c1ccc(-c2cccc(-c3nc(-c4ccc5ccccc5c4)ncc3-c3cccc(-c4cccnc4)c3)c2)cc1. The molecule has 9 nitrogen and oxygen atoms in total. The van der Waals surface area contributed by atoms with Crippen molar-refractivity contribution in [3.8, 4) is 168 Å². The molecular formula is C107H73N9. The molecule has 546 valence electrons. The third-order valence-corrected chi connectivity index (χ3v) is 20.4. The van der Waals surface area contributed by atoms with E-state index in [2.05, 4.69) is 263 Å². The molecule has 0 aliphatic rings. The van der Waals surface area contributed by atoms with Crippen LogP contribution in [0.1, 0.15) is 6.85 Å². The first kappa shape index (κ1) is 66.1. The van der Waals surface area contributed by atoms with E-state index in [-0.39, 0.29) is 23.5 Å². The van der Waals surface area contributed by atoms with Crippen LogP contribution in [-0.4, -0.2) is 44.9 Å². The lowest BCUT2D eigenvalue weighted by Crippen LogP contribution is -1.97. The third-order valence-electron chi connectivity index (χ3n) is 20.4. The highest BCUT2D eigenvalue weighted by molar-refractivity contribution is 5.97. The number of rotatable bonds is 15. The maximum Gasteiger partial charge on any atom is 0.160 e. The van der Waals surface area contributed by atoms with Crippen molar-refractivity contribution in [3.63, 3.8) is 0 Å². The molecule has 0 N–H and O–H groups in total. The van der Waals surface area contributed by atoms with Crippen molar-refractivity contribution in [2.75, 3.05) is 0 Å². The number of fused-ring (bicyclic) bond motifs is 2. The van der Waals surface area contributed by atoms with Crippen LogP contribution in [0.4, 0.5) is 0 Å². The first-order chi connectivity index (χ1) is 59.6. The lowest BCUT2D eigenvalue weighted by atomic mass is 9.95. The van der Waals surface area contributed by atoms with Gasteiger partial charge in [0.25, 0.3) is 0 Å². The molecule has 0 aliphatic carbocycles. The highest BCUT2D eigenvalue weighted by Gasteiger charge is 2.20. The molecule has 0 aliphatic heterocycles. The van der Waals surface area contributed by atoms with E-state index in [1.165, 1.54) is 32.8 Å². The van der Waals surface area contributed by atoms with E-state index in [0.29, 0.717) is 17.3 Å². The van der Waals surface area contributed by atoms with Crippen molar-refractivity contribution in [2.45, 2.75) is 0 Å². The molecule has 20 aromatic rings. The molecule has 20 rings (SSSR count). The Bertz CT molecular complexity index is 7100. The van der Waals surface area contributed by atoms with Crippen LogP contribution in [0.3, 0.4) is 0 Å². The summed E-state index contributed by atoms with van der Waals surface area (Å²) in [5, 5.41) is 4.68. The van der Waals surface area contributed by atoms with Crippen LogP contribution < -0.4 is 0 Å². The fourth-order valence-corrected chi connectivity index (χ4v) is 14.5. The van der Waals surface area contributed by atoms with Crippen LogP contribution >= 0.6 is 0 Å². The van der Waals surface area contributed by atoms with Gasteiger partial charge >= 0.3 is 0 Å². The fraction of sp³-hybridized carbons (Fsp3) is 0. The Morgan fingerprint density at radius 3 is 0.991 bits per heavy atom. The second-order valence-electron chi connectivity index (χ2n) is 27.8. The molecule has 0 fully saturated rings. The molecule has 116 heavy (non-hydrogen) atoms. The molecule has 0 bridgehead atoms. The van der Waals surface area contributed by atoms with Gasteiger partial charge in [0.2, 0.25) is 0 Å². The Balaban J connectivity index is 0.000000124. The molecule has 0 spiro atoms. The Kier molecular flexibility index (Phi) is 19.3. The van der Waals surface area contributed by atoms with Gasteiger partial charge in [-0.25, -0.2) is 29.9 Å². The predicted octanol–water partition coefficient (Wildman–Crippen LogP) is 26.9. The van der Waals surface area contributed by atoms with Gasteiger partial charge in [-0.3, -0.25) is 15.0 Å². The van der Waals surface area contributed by atoms with E-state index in [4.69, 9.17) is 31.8 Å². The van der Waals surface area contributed by atoms with E-state index in [0.717, 1.165) is 128 Å². The second kappa shape index (κ2) is 33.9. The zero-order chi connectivity index (χ0) is 82.0. The summed E-state index contributed by atoms with van der Waals surface area (Å²) in [7, 11) is 0. The lowest BCUT2D eigenvalue weighted by molar-refractivity contribution is 1.18. The maximum atomic E-state index is 8.48. The van der Waals surface area contributed by atoms with E-state index >= 15 is 0 Å². The molecule has 9 heteroatoms. The Morgan fingerprint density at radius 1 is 0.181 bits per heavy atom. The maximum absolute atomic E-state index is 8.48. The van der Waals surface area contributed by atoms with Crippen molar-refractivity contribution in [2.24, 2.45) is 0 Å². The summed E-state index contributed by atoms with van der Waals surface area (Å²) < 4.78 is 41.2. The number of hydrogen-bond acceptors (Lipinski definition) is 9. The normalized spacial score (nSPS) is 11.5. The molecule has 0 atom stereocenters. The summed E-state index contributed by atoms with van der Waals surface area (Å²) in [5.74, 6) is 1.48. The van der Waals surface area contributed by atoms with E-state index < -0.39 is 18.1 Å². The van der Waals surface area contributed by atoms with Gasteiger partial charge in [-0.05, 0) is 143 Å². The molecule has 0 unspecified atom stereocenters. The molecule has 0 radical (unpaired) electrons. The average molecular weight is 1490 g/mol. The first-order valence-electron chi connectivity index (χ1n) is 40.7. The lowest BCUT2D eigenvalue weighted by Gasteiger charge is -2.14. The van der Waals surface area contributed by atoms with Crippen LogP contribution in [0, 0.1) is 0 Å². The highest BCUT2D eigenvalue weighted by atomic mass is 14.9. The molecule has 0 saturated carbocycles. The van der Waals surface area contributed by atoms with Crippen molar-refractivity contribution >= 4 is 21.5 Å². The van der Waals surface area contributed by atoms with Crippen molar-refractivity contribution in [1.82, 2.24) is 44.9 Å². The first-order valence-corrected chi connectivity index (χ1v) is 38.2. The molecule has 6 aromatic heterocycles. The Hall–Kier alpha value is -15.7. The zero-order valence-electron chi connectivity index (χ0n) is 67.8. The summed E-state index contributed by atoms with van der Waals surface area (Å²) in [5.41, 5.74) is 26.1. The molecular weight excluding hydrogens is 1410 g/mol. The smallest absolute Gasteiger partial charge is 0.160 e. The zero-order valence-corrected chi connectivity index (χ0v) is 62.8. The van der Waals surface area contributed by atoms with E-state index in [9.17, 15) is 0 Å². The topological polar surface area (TPSA) is 116 Å². The molecule has 0 amide bonds. The summed E-state index contributed by atoms with van der Waals surface area (Å²) in [4.78, 5) is 42.5. The fourth-order valence-electron chi connectivity index (χ4n) is 14.5. The predicted molar refractivity (Wildman–Crippen MR) is 476 cm³/mol. The molecule has 0 saturated heterocycles. The minimum Gasteiger partial charge on any atom is -0.264 e. The monoisotopic (exact) mass is 1490 g/mol. The van der Waals surface area contributed by atoms with Crippen molar-refractivity contribution < 1.29 is 6.85 Å². The standard InChI is InChI=1S/2C37H25N3.C33H23N3/c1-2-9-26(10-3-1)27-18-20-29(21-19-27)36-35(31-14-6-13-30(23-31)32-15-8-22-38-24-32)25-39-37(40-36)34-17-7-12-28-11-4-5-16-33(28)34;1-2-9-26(10-3-1)29-13-7-16-32(22-29)36-35(31-15-6-14-30(21-31)34-17-8-20-38-24-34)25-39-37(40-36)33-19-18-27-11-4-5-12-28(27)23-33;1-3-10-24(11-4-1)26-14-8-17-29(21-26)32-31(23-35-33(36-32)25-12-5-2-6-13-25)28-16-7-15-27(20-28)30-18-9-19-34-22-30/h2*1-25H;1-23H/i;;2D,5D,6D,12D,13D. The van der Waals surface area contributed by atoms with Crippen LogP contribution in [-0.2, 0) is 0 Å². The van der Waals surface area contributed by atoms with Crippen LogP contribution in [0.5, 0.6) is 0 Å². The van der Waals surface area contributed by atoms with Crippen molar-refractivity contribution in [1.29, 1.82) is 0 Å². The van der Waals surface area contributed by atoms with E-state index in [1.807, 2.05) is 140 Å². The van der Waals surface area contributed by atoms with Crippen LogP contribution in [0.15, 0.2) is 444 Å². The summed E-state index contributed by atoms with van der Waals surface area (Å²) in [6.07, 6.45) is 16.5. The van der Waals surface area contributed by atoms with Gasteiger partial charge in [0.15, 0.2) is 17.5 Å². The number of nitrogens with zero attached hydrogens (tertiary/aromatic N) is 9. The highest BCUT2D eigenvalue weighted by Crippen LogP contribution is 2.41. The van der Waals surface area contributed by atoms with Gasteiger partial charge in [0.05, 0.1) is 23.9 Å². The van der Waals surface area contributed by atoms with Crippen LogP contribution in [0.2, 0.25) is 0 Å². The number of aromatic nitrogens is 9. The van der Waals surface area contributed by atoms with E-state index in [1.54, 1.807) is 31.0 Å². The Morgan fingerprint density at radius 2 is 0.509 bits per heavy atom. The average Bonchev–Trinajstić information content (AvgIpc) is 0.691. The summed E-state index contributed by atoms with van der Waals surface area (Å²) >= 11 is 0. The minimum absolute atomic E-state index is 0.0351. The third kappa shape index (κ3) is 16.1. The van der Waals surface area contributed by atoms with Gasteiger partial charge in [-0.15, -0.1) is 0 Å². The largest absolute Gasteiger partial charge is 0.264 e.